The van der Waals surface area contributed by atoms with Gasteiger partial charge in [-0.15, -0.1) is 0 Å². The summed E-state index contributed by atoms with van der Waals surface area (Å²) < 4.78 is 5.40. The predicted molar refractivity (Wildman–Crippen MR) is 69.5 cm³/mol. The van der Waals surface area contributed by atoms with Crippen molar-refractivity contribution in [2.75, 3.05) is 39.4 Å². The number of hydrogen-bond acceptors (Lipinski definition) is 4. The molecule has 5 nitrogen and oxygen atoms in total. The van der Waals surface area contributed by atoms with E-state index in [9.17, 15) is 0 Å². The first-order valence-electron chi connectivity index (χ1n) is 6.96. The van der Waals surface area contributed by atoms with Crippen molar-refractivity contribution in [1.29, 1.82) is 0 Å². The number of piperazine rings is 1. The van der Waals surface area contributed by atoms with Crippen LogP contribution in [0.5, 0.6) is 0 Å². The molecular formula is C13H22N4O. The maximum absolute atomic E-state index is 5.40. The molecule has 2 aliphatic rings. The zero-order chi connectivity index (χ0) is 12.2. The van der Waals surface area contributed by atoms with Crippen LogP contribution in [0.25, 0.3) is 0 Å². The number of aromatic amines is 1. The summed E-state index contributed by atoms with van der Waals surface area (Å²) in [5, 5.41) is 3.37. The molecular weight excluding hydrogens is 228 g/mol. The number of imidazole rings is 1. The zero-order valence-electron chi connectivity index (χ0n) is 10.8. The summed E-state index contributed by atoms with van der Waals surface area (Å²) in [6, 6.07) is 0. The lowest BCUT2D eigenvalue weighted by molar-refractivity contribution is 0.0845. The van der Waals surface area contributed by atoms with Crippen LogP contribution < -0.4 is 5.32 Å². The van der Waals surface area contributed by atoms with Gasteiger partial charge in [0.15, 0.2) is 0 Å². The maximum atomic E-state index is 5.40. The molecule has 0 radical (unpaired) electrons. The van der Waals surface area contributed by atoms with Gasteiger partial charge in [0.05, 0.1) is 6.54 Å². The average Bonchev–Trinajstić information content (AvgIpc) is 2.89. The van der Waals surface area contributed by atoms with Crippen LogP contribution >= 0.6 is 0 Å². The molecule has 3 heterocycles. The van der Waals surface area contributed by atoms with Crippen LogP contribution in [-0.4, -0.2) is 54.3 Å². The quantitative estimate of drug-likeness (QED) is 0.829. The second kappa shape index (κ2) is 5.82. The molecule has 0 amide bonds. The van der Waals surface area contributed by atoms with Crippen molar-refractivity contribution in [3.8, 4) is 0 Å². The number of nitrogens with zero attached hydrogens (tertiary/aromatic N) is 2. The molecule has 5 heteroatoms. The van der Waals surface area contributed by atoms with Crippen LogP contribution in [0, 0.1) is 0 Å². The summed E-state index contributed by atoms with van der Waals surface area (Å²) in [6.45, 7) is 7.14. The normalized spacial score (nSPS) is 23.3. The van der Waals surface area contributed by atoms with Gasteiger partial charge >= 0.3 is 0 Å². The van der Waals surface area contributed by atoms with Crippen LogP contribution in [0.3, 0.4) is 0 Å². The second-order valence-electron chi connectivity index (χ2n) is 5.20. The van der Waals surface area contributed by atoms with Crippen molar-refractivity contribution in [3.05, 3.63) is 17.7 Å². The maximum Gasteiger partial charge on any atom is 0.120 e. The molecule has 2 N–H and O–H groups in total. The van der Waals surface area contributed by atoms with E-state index in [-0.39, 0.29) is 0 Å². The van der Waals surface area contributed by atoms with E-state index >= 15 is 0 Å². The Morgan fingerprint density at radius 3 is 2.83 bits per heavy atom. The van der Waals surface area contributed by atoms with Crippen molar-refractivity contribution in [2.45, 2.75) is 25.3 Å². The Balaban J connectivity index is 1.58. The first-order chi connectivity index (χ1) is 8.92. The summed E-state index contributed by atoms with van der Waals surface area (Å²) in [6.07, 6.45) is 4.26. The molecule has 0 bridgehead atoms. The molecule has 3 rings (SSSR count). The van der Waals surface area contributed by atoms with Gasteiger partial charge < -0.3 is 15.0 Å². The Labute approximate surface area is 108 Å². The number of H-pyrrole nitrogens is 1. The van der Waals surface area contributed by atoms with Crippen molar-refractivity contribution in [1.82, 2.24) is 20.2 Å². The molecule has 0 atom stereocenters. The van der Waals surface area contributed by atoms with Crippen LogP contribution in [0.1, 0.15) is 30.3 Å². The molecule has 0 unspecified atom stereocenters. The van der Waals surface area contributed by atoms with Crippen molar-refractivity contribution >= 4 is 0 Å². The molecule has 0 aliphatic carbocycles. The number of aromatic nitrogens is 2. The van der Waals surface area contributed by atoms with E-state index in [1.54, 1.807) is 0 Å². The number of ether oxygens (including phenoxy) is 1. The van der Waals surface area contributed by atoms with E-state index in [4.69, 9.17) is 4.74 Å². The number of hydrogen-bond donors (Lipinski definition) is 2. The topological polar surface area (TPSA) is 53.2 Å². The molecule has 18 heavy (non-hydrogen) atoms. The highest BCUT2D eigenvalue weighted by Crippen LogP contribution is 2.25. The molecule has 100 valence electrons. The van der Waals surface area contributed by atoms with Gasteiger partial charge in [0.1, 0.15) is 5.82 Å². The molecule has 2 fully saturated rings. The summed E-state index contributed by atoms with van der Waals surface area (Å²) >= 11 is 0. The Kier molecular flexibility index (Phi) is 3.93. The van der Waals surface area contributed by atoms with Crippen molar-refractivity contribution in [2.24, 2.45) is 0 Å². The van der Waals surface area contributed by atoms with Gasteiger partial charge in [0.2, 0.25) is 0 Å². The third kappa shape index (κ3) is 2.91. The lowest BCUT2D eigenvalue weighted by Crippen LogP contribution is -2.43. The Bertz CT molecular complexity index is 367. The highest BCUT2D eigenvalue weighted by atomic mass is 16.5. The zero-order valence-corrected chi connectivity index (χ0v) is 10.8. The lowest BCUT2D eigenvalue weighted by Gasteiger charge is -2.26. The first kappa shape index (κ1) is 12.1. The fraction of sp³-hybridized carbons (Fsp3) is 0.769. The van der Waals surface area contributed by atoms with Gasteiger partial charge in [-0.05, 0) is 12.8 Å². The third-order valence-corrected chi connectivity index (χ3v) is 3.89. The van der Waals surface area contributed by atoms with E-state index in [1.807, 2.05) is 6.20 Å². The Morgan fingerprint density at radius 1 is 1.28 bits per heavy atom. The molecule has 1 aromatic heterocycles. The monoisotopic (exact) mass is 250 g/mol. The predicted octanol–water partition coefficient (Wildman–Crippen LogP) is 0.709. The van der Waals surface area contributed by atoms with E-state index in [0.29, 0.717) is 5.92 Å². The standard InChI is InChI=1S/C13H22N4O/c1-7-18-8-2-11(1)12-9-15-13(16-12)10-17-5-3-14-4-6-17/h9,11,14H,1-8,10H2,(H,15,16). The van der Waals surface area contributed by atoms with Gasteiger partial charge in [-0.25, -0.2) is 4.98 Å². The van der Waals surface area contributed by atoms with Gasteiger partial charge in [0, 0.05) is 57.2 Å². The van der Waals surface area contributed by atoms with Crippen LogP contribution in [0.2, 0.25) is 0 Å². The summed E-state index contributed by atoms with van der Waals surface area (Å²) in [7, 11) is 0. The molecule has 0 saturated carbocycles. The second-order valence-corrected chi connectivity index (χ2v) is 5.20. The molecule has 2 saturated heterocycles. The van der Waals surface area contributed by atoms with E-state index in [0.717, 1.165) is 64.6 Å². The largest absolute Gasteiger partial charge is 0.381 e. The minimum absolute atomic E-state index is 0.614. The Morgan fingerprint density at radius 2 is 2.06 bits per heavy atom. The van der Waals surface area contributed by atoms with E-state index < -0.39 is 0 Å². The Hall–Kier alpha value is -0.910. The fourth-order valence-electron chi connectivity index (χ4n) is 2.76. The summed E-state index contributed by atoms with van der Waals surface area (Å²) in [5.41, 5.74) is 1.29. The summed E-state index contributed by atoms with van der Waals surface area (Å²) in [5.74, 6) is 1.72. The molecule has 1 aromatic rings. The van der Waals surface area contributed by atoms with Gasteiger partial charge in [-0.3, -0.25) is 4.90 Å². The minimum atomic E-state index is 0.614. The van der Waals surface area contributed by atoms with E-state index in [1.165, 1.54) is 5.69 Å². The highest BCUT2D eigenvalue weighted by molar-refractivity contribution is 5.08. The third-order valence-electron chi connectivity index (χ3n) is 3.89. The minimum Gasteiger partial charge on any atom is -0.381 e. The lowest BCUT2D eigenvalue weighted by atomic mass is 9.97. The average molecular weight is 250 g/mol. The van der Waals surface area contributed by atoms with E-state index in [2.05, 4.69) is 20.2 Å². The summed E-state index contributed by atoms with van der Waals surface area (Å²) in [4.78, 5) is 10.5. The molecule has 0 aromatic carbocycles. The van der Waals surface area contributed by atoms with Crippen LogP contribution in [0.4, 0.5) is 0 Å². The highest BCUT2D eigenvalue weighted by Gasteiger charge is 2.18. The fourth-order valence-corrected chi connectivity index (χ4v) is 2.76. The van der Waals surface area contributed by atoms with Gasteiger partial charge in [-0.2, -0.15) is 0 Å². The SMILES string of the molecule is c1nc(CN2CCNCC2)[nH]c1C1CCOCC1. The van der Waals surface area contributed by atoms with Gasteiger partial charge in [-0.1, -0.05) is 0 Å². The van der Waals surface area contributed by atoms with Crippen molar-refractivity contribution < 1.29 is 4.74 Å². The molecule has 0 spiro atoms. The van der Waals surface area contributed by atoms with Crippen molar-refractivity contribution in [3.63, 3.8) is 0 Å². The smallest absolute Gasteiger partial charge is 0.120 e. The van der Waals surface area contributed by atoms with Crippen LogP contribution in [0.15, 0.2) is 6.20 Å². The molecule has 2 aliphatic heterocycles. The first-order valence-corrected chi connectivity index (χ1v) is 6.96. The van der Waals surface area contributed by atoms with Gasteiger partial charge in [0.25, 0.3) is 0 Å². The number of rotatable bonds is 3. The van der Waals surface area contributed by atoms with Crippen LogP contribution in [-0.2, 0) is 11.3 Å². The number of nitrogens with one attached hydrogen (secondary N) is 2.